The fraction of sp³-hybridized carbons (Fsp3) is 0.222. The van der Waals surface area contributed by atoms with Crippen LogP contribution in [0, 0.1) is 0 Å². The Labute approximate surface area is 166 Å². The summed E-state index contributed by atoms with van der Waals surface area (Å²) in [7, 11) is 2.82. The summed E-state index contributed by atoms with van der Waals surface area (Å²) in [5, 5.41) is 2.59. The van der Waals surface area contributed by atoms with Gasteiger partial charge < -0.3 is 5.32 Å². The van der Waals surface area contributed by atoms with E-state index in [-0.39, 0.29) is 22.5 Å². The first kappa shape index (κ1) is 20.6. The van der Waals surface area contributed by atoms with Crippen LogP contribution >= 0.6 is 11.8 Å². The Bertz CT molecular complexity index is 1220. The molecule has 0 aliphatic heterocycles. The molecule has 0 bridgehead atoms. The van der Waals surface area contributed by atoms with Gasteiger partial charge in [0.2, 0.25) is 5.91 Å². The number of hydrogen-bond donors (Lipinski definition) is 1. The quantitative estimate of drug-likeness (QED) is 0.650. The summed E-state index contributed by atoms with van der Waals surface area (Å²) in [6.07, 6.45) is -3.10. The second-order valence-corrected chi connectivity index (χ2v) is 7.15. The molecule has 11 heteroatoms. The first-order valence-corrected chi connectivity index (χ1v) is 9.23. The molecule has 3 rings (SSSR count). The smallest absolute Gasteiger partial charge is 0.325 e. The number of alkyl halides is 3. The van der Waals surface area contributed by atoms with Crippen LogP contribution < -0.4 is 16.6 Å². The van der Waals surface area contributed by atoms with Gasteiger partial charge in [-0.2, -0.15) is 13.2 Å². The molecule has 2 heterocycles. The molecule has 0 atom stereocenters. The van der Waals surface area contributed by atoms with Gasteiger partial charge in [-0.3, -0.25) is 18.7 Å². The van der Waals surface area contributed by atoms with Gasteiger partial charge >= 0.3 is 11.9 Å². The Morgan fingerprint density at radius 2 is 1.90 bits per heavy atom. The number of hydrogen-bond acceptors (Lipinski definition) is 5. The third-order valence-electron chi connectivity index (χ3n) is 4.14. The van der Waals surface area contributed by atoms with Crippen molar-refractivity contribution in [2.24, 2.45) is 14.1 Å². The number of anilines is 1. The lowest BCUT2D eigenvalue weighted by Crippen LogP contribution is -2.37. The Morgan fingerprint density at radius 1 is 1.17 bits per heavy atom. The molecular formula is C18H15F3N4O3S. The average Bonchev–Trinajstić information content (AvgIpc) is 2.68. The lowest BCUT2D eigenvalue weighted by Gasteiger charge is -2.11. The summed E-state index contributed by atoms with van der Waals surface area (Å²) in [4.78, 5) is 41.2. The Kier molecular flexibility index (Phi) is 5.51. The van der Waals surface area contributed by atoms with Crippen molar-refractivity contribution in [3.63, 3.8) is 0 Å². The van der Waals surface area contributed by atoms with Gasteiger partial charge in [-0.05, 0) is 24.3 Å². The molecule has 2 aromatic heterocycles. The zero-order valence-electron chi connectivity index (χ0n) is 15.3. The van der Waals surface area contributed by atoms with Crippen LogP contribution in [0.3, 0.4) is 0 Å². The van der Waals surface area contributed by atoms with Gasteiger partial charge in [0, 0.05) is 30.9 Å². The summed E-state index contributed by atoms with van der Waals surface area (Å²) in [5.41, 5.74) is -1.74. The molecule has 0 aliphatic carbocycles. The second kappa shape index (κ2) is 7.74. The van der Waals surface area contributed by atoms with Crippen molar-refractivity contribution in [2.75, 3.05) is 11.1 Å². The predicted octanol–water partition coefficient (Wildman–Crippen LogP) is 2.38. The summed E-state index contributed by atoms with van der Waals surface area (Å²) in [6.45, 7) is 0. The Balaban J connectivity index is 1.82. The zero-order valence-corrected chi connectivity index (χ0v) is 16.1. The molecule has 0 saturated carbocycles. The van der Waals surface area contributed by atoms with Crippen molar-refractivity contribution in [2.45, 2.75) is 11.1 Å². The molecular weight excluding hydrogens is 409 g/mol. The van der Waals surface area contributed by atoms with Crippen LogP contribution in [0.2, 0.25) is 0 Å². The van der Waals surface area contributed by atoms with E-state index in [1.54, 1.807) is 0 Å². The van der Waals surface area contributed by atoms with Crippen LogP contribution in [-0.4, -0.2) is 25.8 Å². The van der Waals surface area contributed by atoms with E-state index in [0.717, 1.165) is 28.5 Å². The van der Waals surface area contributed by atoms with Crippen molar-refractivity contribution < 1.29 is 18.0 Å². The molecule has 29 heavy (non-hydrogen) atoms. The first-order chi connectivity index (χ1) is 13.6. The van der Waals surface area contributed by atoms with E-state index in [9.17, 15) is 27.6 Å². The van der Waals surface area contributed by atoms with Gasteiger partial charge in [-0.15, -0.1) is 11.8 Å². The van der Waals surface area contributed by atoms with E-state index in [2.05, 4.69) is 10.3 Å². The van der Waals surface area contributed by atoms with Crippen LogP contribution in [0.4, 0.5) is 18.9 Å². The van der Waals surface area contributed by atoms with Crippen LogP contribution in [0.5, 0.6) is 0 Å². The molecule has 1 N–H and O–H groups in total. The number of amides is 1. The number of nitrogens with zero attached hydrogens (tertiary/aromatic N) is 3. The molecule has 1 aromatic carbocycles. The molecule has 0 saturated heterocycles. The Hall–Kier alpha value is -3.08. The highest BCUT2D eigenvalue weighted by molar-refractivity contribution is 8.00. The van der Waals surface area contributed by atoms with Gasteiger partial charge in [0.25, 0.3) is 5.56 Å². The van der Waals surface area contributed by atoms with E-state index in [4.69, 9.17) is 0 Å². The van der Waals surface area contributed by atoms with Crippen molar-refractivity contribution in [1.82, 2.24) is 14.1 Å². The van der Waals surface area contributed by atoms with Gasteiger partial charge in [0.05, 0.1) is 16.7 Å². The van der Waals surface area contributed by atoms with E-state index >= 15 is 0 Å². The highest BCUT2D eigenvalue weighted by Crippen LogP contribution is 2.31. The minimum atomic E-state index is -4.51. The molecule has 3 aromatic rings. The molecule has 152 valence electrons. The molecule has 0 aliphatic rings. The molecule has 0 unspecified atom stereocenters. The topological polar surface area (TPSA) is 86.0 Å². The average molecular weight is 424 g/mol. The number of aromatic nitrogens is 3. The first-order valence-electron chi connectivity index (χ1n) is 8.24. The number of thioether (sulfide) groups is 1. The van der Waals surface area contributed by atoms with Crippen molar-refractivity contribution in [1.29, 1.82) is 0 Å². The Morgan fingerprint density at radius 3 is 2.59 bits per heavy atom. The number of nitrogens with one attached hydrogen (secondary N) is 1. The van der Waals surface area contributed by atoms with Crippen LogP contribution in [-0.2, 0) is 25.1 Å². The van der Waals surface area contributed by atoms with Crippen LogP contribution in [0.15, 0.2) is 51.0 Å². The number of benzene rings is 1. The maximum atomic E-state index is 12.8. The van der Waals surface area contributed by atoms with Gasteiger partial charge in [0.15, 0.2) is 0 Å². The summed E-state index contributed by atoms with van der Waals surface area (Å²) >= 11 is 1.02. The van der Waals surface area contributed by atoms with E-state index in [0.29, 0.717) is 4.90 Å². The number of carbonyl (C=O) groups excluding carboxylic acids is 1. The van der Waals surface area contributed by atoms with Crippen molar-refractivity contribution >= 4 is 34.4 Å². The number of carbonyl (C=O) groups is 1. The minimum Gasteiger partial charge on any atom is -0.325 e. The SMILES string of the molecule is Cn1c(=O)c2c(SCC(=O)Nc3cccc(C(F)(F)F)c3)ccnc2n(C)c1=O. The lowest BCUT2D eigenvalue weighted by molar-refractivity contribution is -0.137. The predicted molar refractivity (Wildman–Crippen MR) is 103 cm³/mol. The van der Waals surface area contributed by atoms with Crippen LogP contribution in [0.25, 0.3) is 11.0 Å². The second-order valence-electron chi connectivity index (χ2n) is 6.13. The summed E-state index contributed by atoms with van der Waals surface area (Å²) < 4.78 is 40.5. The molecule has 0 fully saturated rings. The number of pyridine rings is 1. The highest BCUT2D eigenvalue weighted by Gasteiger charge is 2.30. The third-order valence-corrected chi connectivity index (χ3v) is 5.19. The monoisotopic (exact) mass is 424 g/mol. The fourth-order valence-electron chi connectivity index (χ4n) is 2.69. The minimum absolute atomic E-state index is 0.0170. The number of aryl methyl sites for hydroxylation is 1. The van der Waals surface area contributed by atoms with E-state index in [1.807, 2.05) is 0 Å². The van der Waals surface area contributed by atoms with Crippen molar-refractivity contribution in [3.05, 3.63) is 62.9 Å². The van der Waals surface area contributed by atoms with Crippen LogP contribution in [0.1, 0.15) is 5.56 Å². The zero-order chi connectivity index (χ0) is 21.3. The lowest BCUT2D eigenvalue weighted by atomic mass is 10.2. The number of rotatable bonds is 4. The van der Waals surface area contributed by atoms with Gasteiger partial charge in [0.1, 0.15) is 5.65 Å². The maximum Gasteiger partial charge on any atom is 0.416 e. The van der Waals surface area contributed by atoms with Crippen molar-refractivity contribution in [3.8, 4) is 0 Å². The third kappa shape index (κ3) is 4.19. The summed E-state index contributed by atoms with van der Waals surface area (Å²) in [5.74, 6) is -0.692. The molecule has 0 radical (unpaired) electrons. The molecule has 1 amide bonds. The van der Waals surface area contributed by atoms with Gasteiger partial charge in [-0.1, -0.05) is 6.07 Å². The largest absolute Gasteiger partial charge is 0.416 e. The van der Waals surface area contributed by atoms with Gasteiger partial charge in [-0.25, -0.2) is 9.78 Å². The van der Waals surface area contributed by atoms with E-state index in [1.165, 1.54) is 43.1 Å². The number of fused-ring (bicyclic) bond motifs is 1. The number of halogens is 3. The fourth-order valence-corrected chi connectivity index (χ4v) is 3.53. The maximum absolute atomic E-state index is 12.8. The van der Waals surface area contributed by atoms with E-state index < -0.39 is 28.9 Å². The standard InChI is InChI=1S/C18H15F3N4O3S/c1-24-15-14(16(27)25(2)17(24)28)12(6-7-22-15)29-9-13(26)23-11-5-3-4-10(8-11)18(19,20)21/h3-8H,9H2,1-2H3,(H,23,26). The molecule has 7 nitrogen and oxygen atoms in total. The normalized spacial score (nSPS) is 11.6. The summed E-state index contributed by atoms with van der Waals surface area (Å²) in [6, 6.07) is 5.84. The highest BCUT2D eigenvalue weighted by atomic mass is 32.2. The molecule has 0 spiro atoms.